The van der Waals surface area contributed by atoms with Crippen LogP contribution in [0.3, 0.4) is 0 Å². The number of hydrogen-bond donors (Lipinski definition) is 3. The smallest absolute Gasteiger partial charge is 0.258 e. The molecule has 0 saturated carbocycles. The molecule has 5 nitrogen and oxygen atoms in total. The molecule has 1 atom stereocenters. The summed E-state index contributed by atoms with van der Waals surface area (Å²) in [7, 11) is 0. The van der Waals surface area contributed by atoms with Crippen molar-refractivity contribution >= 4 is 0 Å². The minimum absolute atomic E-state index is 0.0689. The Kier molecular flexibility index (Phi) is 3.70. The minimum Gasteiger partial charge on any atom is -0.493 e. The largest absolute Gasteiger partial charge is 0.493 e. The van der Waals surface area contributed by atoms with Crippen molar-refractivity contribution in [2.24, 2.45) is 11.7 Å². The summed E-state index contributed by atoms with van der Waals surface area (Å²) in [6.07, 6.45) is 0. The number of aromatic nitrogens is 2. The van der Waals surface area contributed by atoms with Crippen LogP contribution < -0.4 is 11.3 Å². The number of rotatable bonds is 3. The molecule has 1 unspecified atom stereocenters. The van der Waals surface area contributed by atoms with Gasteiger partial charge in [0.05, 0.1) is 11.6 Å². The third-order valence-corrected chi connectivity index (χ3v) is 2.56. The predicted molar refractivity (Wildman–Crippen MR) is 62.4 cm³/mol. The van der Waals surface area contributed by atoms with Crippen LogP contribution in [-0.4, -0.2) is 15.1 Å². The number of nitrogens with two attached hydrogens (primary N) is 1. The van der Waals surface area contributed by atoms with Crippen LogP contribution >= 0.6 is 0 Å². The molecule has 0 aromatic carbocycles. The molecule has 0 bridgehead atoms. The van der Waals surface area contributed by atoms with E-state index in [1.165, 1.54) is 0 Å². The molecular formula is C11H19N3O2. The van der Waals surface area contributed by atoms with Crippen molar-refractivity contribution in [3.8, 4) is 5.88 Å². The van der Waals surface area contributed by atoms with E-state index in [0.717, 1.165) is 0 Å². The second-order valence-electron chi connectivity index (χ2n) is 4.61. The zero-order chi connectivity index (χ0) is 12.5. The fourth-order valence-corrected chi connectivity index (χ4v) is 1.48. The molecule has 0 aliphatic carbocycles. The van der Waals surface area contributed by atoms with Crippen molar-refractivity contribution < 1.29 is 5.11 Å². The van der Waals surface area contributed by atoms with Gasteiger partial charge < -0.3 is 15.8 Å². The molecule has 1 aromatic rings. The average Bonchev–Trinajstić information content (AvgIpc) is 2.14. The Labute approximate surface area is 94.7 Å². The zero-order valence-corrected chi connectivity index (χ0v) is 10.1. The van der Waals surface area contributed by atoms with Gasteiger partial charge in [0.1, 0.15) is 5.82 Å². The molecule has 90 valence electrons. The van der Waals surface area contributed by atoms with E-state index in [9.17, 15) is 9.90 Å². The van der Waals surface area contributed by atoms with Crippen LogP contribution in [0.5, 0.6) is 5.88 Å². The molecule has 0 fully saturated rings. The molecule has 0 radical (unpaired) electrons. The Morgan fingerprint density at radius 2 is 1.88 bits per heavy atom. The first-order valence-electron chi connectivity index (χ1n) is 5.43. The van der Waals surface area contributed by atoms with E-state index in [1.807, 2.05) is 27.7 Å². The summed E-state index contributed by atoms with van der Waals surface area (Å²) in [6, 6.07) is -0.375. The molecule has 5 heteroatoms. The van der Waals surface area contributed by atoms with Crippen molar-refractivity contribution in [3.05, 3.63) is 21.7 Å². The summed E-state index contributed by atoms with van der Waals surface area (Å²) >= 11 is 0. The fraction of sp³-hybridized carbons (Fsp3) is 0.636. The number of nitrogens with one attached hydrogen (secondary N) is 1. The topological polar surface area (TPSA) is 92.0 Å². The summed E-state index contributed by atoms with van der Waals surface area (Å²) in [6.45, 7) is 7.51. The Bertz CT molecular complexity index is 424. The van der Waals surface area contributed by atoms with E-state index in [2.05, 4.69) is 9.97 Å². The number of nitrogens with zero attached hydrogens (tertiary/aromatic N) is 1. The van der Waals surface area contributed by atoms with Crippen molar-refractivity contribution in [2.45, 2.75) is 39.7 Å². The first-order valence-corrected chi connectivity index (χ1v) is 5.43. The highest BCUT2D eigenvalue weighted by molar-refractivity contribution is 5.26. The lowest BCUT2D eigenvalue weighted by molar-refractivity contribution is 0.421. The molecule has 1 rings (SSSR count). The molecule has 0 saturated heterocycles. The monoisotopic (exact) mass is 225 g/mol. The molecule has 0 aliphatic heterocycles. The van der Waals surface area contributed by atoms with Gasteiger partial charge in [0.15, 0.2) is 0 Å². The molecule has 4 N–H and O–H groups in total. The molecule has 16 heavy (non-hydrogen) atoms. The van der Waals surface area contributed by atoms with Gasteiger partial charge in [0, 0.05) is 0 Å². The van der Waals surface area contributed by atoms with Crippen molar-refractivity contribution in [2.75, 3.05) is 0 Å². The zero-order valence-electron chi connectivity index (χ0n) is 10.1. The highest BCUT2D eigenvalue weighted by atomic mass is 16.3. The van der Waals surface area contributed by atoms with E-state index in [-0.39, 0.29) is 29.3 Å². The van der Waals surface area contributed by atoms with Crippen LogP contribution in [0, 0.1) is 5.92 Å². The van der Waals surface area contributed by atoms with Crippen LogP contribution in [0.1, 0.15) is 51.0 Å². The molecule has 1 heterocycles. The van der Waals surface area contributed by atoms with Crippen LogP contribution in [0.2, 0.25) is 0 Å². The van der Waals surface area contributed by atoms with Crippen molar-refractivity contribution in [3.63, 3.8) is 0 Å². The second kappa shape index (κ2) is 4.65. The Balaban J connectivity index is 3.25. The number of hydrogen-bond acceptors (Lipinski definition) is 4. The normalized spacial score (nSPS) is 13.4. The fourth-order valence-electron chi connectivity index (χ4n) is 1.48. The summed E-state index contributed by atoms with van der Waals surface area (Å²) in [5, 5.41) is 9.69. The summed E-state index contributed by atoms with van der Waals surface area (Å²) in [5.41, 5.74) is 5.85. The van der Waals surface area contributed by atoms with E-state index in [1.54, 1.807) is 0 Å². The second-order valence-corrected chi connectivity index (χ2v) is 4.61. The van der Waals surface area contributed by atoms with Gasteiger partial charge in [-0.05, 0) is 11.8 Å². The summed E-state index contributed by atoms with van der Waals surface area (Å²) < 4.78 is 0. The van der Waals surface area contributed by atoms with Gasteiger partial charge in [-0.25, -0.2) is 0 Å². The van der Waals surface area contributed by atoms with E-state index in [4.69, 9.17) is 5.73 Å². The molecule has 0 amide bonds. The maximum Gasteiger partial charge on any atom is 0.258 e. The summed E-state index contributed by atoms with van der Waals surface area (Å²) in [4.78, 5) is 18.3. The van der Waals surface area contributed by atoms with Crippen LogP contribution in [0.25, 0.3) is 0 Å². The lowest BCUT2D eigenvalue weighted by atomic mass is 10.0. The van der Waals surface area contributed by atoms with Crippen LogP contribution in [-0.2, 0) is 0 Å². The Morgan fingerprint density at radius 3 is 2.25 bits per heavy atom. The Hall–Kier alpha value is -1.36. The van der Waals surface area contributed by atoms with E-state index in [0.29, 0.717) is 11.4 Å². The maximum absolute atomic E-state index is 11.7. The molecule has 1 aromatic heterocycles. The van der Waals surface area contributed by atoms with Gasteiger partial charge in [-0.2, -0.15) is 4.98 Å². The van der Waals surface area contributed by atoms with Gasteiger partial charge in [0.2, 0.25) is 5.88 Å². The van der Waals surface area contributed by atoms with Gasteiger partial charge in [0.25, 0.3) is 5.56 Å². The quantitative estimate of drug-likeness (QED) is 0.722. The van der Waals surface area contributed by atoms with E-state index >= 15 is 0 Å². The lowest BCUT2D eigenvalue weighted by Gasteiger charge is -2.16. The third kappa shape index (κ3) is 2.41. The average molecular weight is 225 g/mol. The summed E-state index contributed by atoms with van der Waals surface area (Å²) in [5.74, 6) is 0.194. The first-order chi connectivity index (χ1) is 7.34. The molecule has 0 aliphatic rings. The standard InChI is InChI=1S/C11H19N3O2/c1-5(2)7-10(15)13-9(14-11(7)16)8(12)6(3)4/h5-6,8H,12H2,1-4H3,(H2,13,14,15,16). The van der Waals surface area contributed by atoms with E-state index < -0.39 is 0 Å². The number of H-pyrrole nitrogens is 1. The maximum atomic E-state index is 11.7. The van der Waals surface area contributed by atoms with Crippen molar-refractivity contribution in [1.82, 2.24) is 9.97 Å². The Morgan fingerprint density at radius 1 is 1.31 bits per heavy atom. The van der Waals surface area contributed by atoms with Gasteiger partial charge in [-0.3, -0.25) is 4.79 Å². The van der Waals surface area contributed by atoms with Crippen molar-refractivity contribution in [1.29, 1.82) is 0 Å². The molecular weight excluding hydrogens is 206 g/mol. The molecule has 0 spiro atoms. The van der Waals surface area contributed by atoms with Gasteiger partial charge in [-0.1, -0.05) is 27.7 Å². The third-order valence-electron chi connectivity index (χ3n) is 2.56. The lowest BCUT2D eigenvalue weighted by Crippen LogP contribution is -2.25. The SMILES string of the molecule is CC(C)c1c(O)nc(C(N)C(C)C)[nH]c1=O. The predicted octanol–water partition coefficient (Wildman–Crippen LogP) is 1.25. The highest BCUT2D eigenvalue weighted by Gasteiger charge is 2.18. The van der Waals surface area contributed by atoms with Crippen LogP contribution in [0.15, 0.2) is 4.79 Å². The van der Waals surface area contributed by atoms with Crippen LogP contribution in [0.4, 0.5) is 0 Å². The first kappa shape index (κ1) is 12.7. The number of aromatic amines is 1. The van der Waals surface area contributed by atoms with Gasteiger partial charge in [-0.15, -0.1) is 0 Å². The van der Waals surface area contributed by atoms with Gasteiger partial charge >= 0.3 is 0 Å². The highest BCUT2D eigenvalue weighted by Crippen LogP contribution is 2.21. The number of aromatic hydroxyl groups is 1. The minimum atomic E-state index is -0.375.